The maximum absolute atomic E-state index is 14.0. The molecule has 0 N–H and O–H groups in total. The van der Waals surface area contributed by atoms with E-state index in [9.17, 15) is 8.60 Å². The molecule has 1 aromatic carbocycles. The molecule has 0 aliphatic carbocycles. The number of halogens is 1. The van der Waals surface area contributed by atoms with Gasteiger partial charge in [0.25, 0.3) is 0 Å². The number of imidazole rings is 1. The molecule has 0 amide bonds. The number of hydrogen-bond acceptors (Lipinski definition) is 5. The van der Waals surface area contributed by atoms with Crippen molar-refractivity contribution in [2.45, 2.75) is 25.0 Å². The largest absolute Gasteiger partial charge is 0.357 e. The van der Waals surface area contributed by atoms with Crippen LogP contribution < -0.4 is 4.90 Å². The van der Waals surface area contributed by atoms with Gasteiger partial charge in [-0.2, -0.15) is 0 Å². The van der Waals surface area contributed by atoms with E-state index in [0.29, 0.717) is 5.25 Å². The third-order valence-electron chi connectivity index (χ3n) is 7.00. The minimum Gasteiger partial charge on any atom is -0.357 e. The predicted molar refractivity (Wildman–Crippen MR) is 143 cm³/mol. The highest BCUT2D eigenvalue weighted by atomic mass is 32.2. The highest BCUT2D eigenvalue weighted by molar-refractivity contribution is 7.84. The van der Waals surface area contributed by atoms with Gasteiger partial charge >= 0.3 is 0 Å². The average Bonchev–Trinajstić information content (AvgIpc) is 3.32. The molecule has 1 saturated heterocycles. The fourth-order valence-electron chi connectivity index (χ4n) is 5.06. The number of aromatic nitrogens is 4. The summed E-state index contributed by atoms with van der Waals surface area (Å²) in [5.74, 6) is 0.668. The van der Waals surface area contributed by atoms with Crippen molar-refractivity contribution in [2.75, 3.05) is 24.2 Å². The maximum atomic E-state index is 14.0. The molecule has 1 unspecified atom stereocenters. The van der Waals surface area contributed by atoms with Crippen molar-refractivity contribution >= 4 is 33.2 Å². The Morgan fingerprint density at radius 1 is 0.972 bits per heavy atom. The molecule has 5 heterocycles. The quantitative estimate of drug-likeness (QED) is 0.331. The van der Waals surface area contributed by atoms with Crippen LogP contribution in [-0.2, 0) is 10.8 Å². The summed E-state index contributed by atoms with van der Waals surface area (Å²) in [6, 6.07) is 14.9. The molecule has 36 heavy (non-hydrogen) atoms. The lowest BCUT2D eigenvalue weighted by molar-refractivity contribution is 0.569. The molecule has 1 aliphatic heterocycles. The van der Waals surface area contributed by atoms with Crippen molar-refractivity contribution < 1.29 is 8.60 Å². The Bertz CT molecular complexity index is 1610. The summed E-state index contributed by atoms with van der Waals surface area (Å²) in [6.07, 6.45) is 9.39. The van der Waals surface area contributed by atoms with Crippen LogP contribution in [0.15, 0.2) is 67.1 Å². The molecular formula is C28H26FN5OS. The smallest absolute Gasteiger partial charge is 0.137 e. The predicted octanol–water partition coefficient (Wildman–Crippen LogP) is 5.41. The Labute approximate surface area is 211 Å². The minimum atomic E-state index is -0.759. The normalized spacial score (nSPS) is 15.6. The van der Waals surface area contributed by atoms with E-state index in [4.69, 9.17) is 4.98 Å². The summed E-state index contributed by atoms with van der Waals surface area (Å²) in [5, 5.41) is 1.06. The first-order chi connectivity index (χ1) is 17.5. The number of fused-ring (bicyclic) bond motifs is 2. The van der Waals surface area contributed by atoms with E-state index in [1.165, 1.54) is 12.1 Å². The zero-order valence-corrected chi connectivity index (χ0v) is 21.0. The van der Waals surface area contributed by atoms with Crippen LogP contribution in [0, 0.1) is 12.7 Å². The summed E-state index contributed by atoms with van der Waals surface area (Å²) in [5.41, 5.74) is 6.27. The van der Waals surface area contributed by atoms with Crippen LogP contribution in [0.4, 0.5) is 10.2 Å². The minimum absolute atomic E-state index is 0.286. The molecule has 182 valence electrons. The lowest BCUT2D eigenvalue weighted by Crippen LogP contribution is -2.37. The first-order valence-electron chi connectivity index (χ1n) is 12.0. The van der Waals surface area contributed by atoms with Gasteiger partial charge < -0.3 is 4.90 Å². The number of hydrogen-bond donors (Lipinski definition) is 0. The topological polar surface area (TPSA) is 63.4 Å². The van der Waals surface area contributed by atoms with Crippen LogP contribution in [0.5, 0.6) is 0 Å². The van der Waals surface area contributed by atoms with E-state index in [1.54, 1.807) is 12.3 Å². The van der Waals surface area contributed by atoms with E-state index < -0.39 is 10.8 Å². The number of piperidine rings is 1. The molecule has 0 spiro atoms. The molecule has 1 atom stereocenters. The van der Waals surface area contributed by atoms with Gasteiger partial charge in [0.1, 0.15) is 17.3 Å². The molecule has 0 radical (unpaired) electrons. The summed E-state index contributed by atoms with van der Waals surface area (Å²) < 4.78 is 27.8. The molecule has 4 aromatic heterocycles. The van der Waals surface area contributed by atoms with E-state index in [1.807, 2.05) is 48.1 Å². The van der Waals surface area contributed by atoms with Gasteiger partial charge in [-0.3, -0.25) is 13.6 Å². The fraction of sp³-hybridized carbons (Fsp3) is 0.250. The van der Waals surface area contributed by atoms with E-state index >= 15 is 0 Å². The molecule has 8 heteroatoms. The van der Waals surface area contributed by atoms with Crippen molar-refractivity contribution in [2.24, 2.45) is 0 Å². The van der Waals surface area contributed by atoms with Crippen molar-refractivity contribution in [1.82, 2.24) is 19.4 Å². The second kappa shape index (κ2) is 9.09. The Balaban J connectivity index is 1.30. The molecular weight excluding hydrogens is 473 g/mol. The van der Waals surface area contributed by atoms with Crippen LogP contribution in [0.2, 0.25) is 0 Å². The Hall–Kier alpha value is -3.65. The monoisotopic (exact) mass is 499 g/mol. The summed E-state index contributed by atoms with van der Waals surface area (Å²) >= 11 is 0. The number of anilines is 1. The second-order valence-electron chi connectivity index (χ2n) is 9.35. The van der Waals surface area contributed by atoms with E-state index in [2.05, 4.69) is 27.0 Å². The van der Waals surface area contributed by atoms with Crippen molar-refractivity contribution in [3.63, 3.8) is 0 Å². The third-order valence-corrected chi connectivity index (χ3v) is 8.41. The molecule has 1 aliphatic rings. The summed E-state index contributed by atoms with van der Waals surface area (Å²) in [4.78, 5) is 16.2. The summed E-state index contributed by atoms with van der Waals surface area (Å²) in [7, 11) is -0.759. The number of rotatable bonds is 4. The van der Waals surface area contributed by atoms with Gasteiger partial charge in [-0.25, -0.2) is 14.4 Å². The highest BCUT2D eigenvalue weighted by Crippen LogP contribution is 2.31. The first kappa shape index (κ1) is 22.8. The maximum Gasteiger partial charge on any atom is 0.137 e. The van der Waals surface area contributed by atoms with Gasteiger partial charge in [-0.15, -0.1) is 0 Å². The highest BCUT2D eigenvalue weighted by Gasteiger charge is 2.22. The van der Waals surface area contributed by atoms with Gasteiger partial charge in [0.2, 0.25) is 0 Å². The molecule has 0 saturated carbocycles. The van der Waals surface area contributed by atoms with Crippen LogP contribution in [-0.4, -0.2) is 48.2 Å². The molecule has 6 rings (SSSR count). The number of nitrogens with zero attached hydrogens (tertiary/aromatic N) is 5. The van der Waals surface area contributed by atoms with E-state index in [-0.39, 0.29) is 5.82 Å². The number of benzene rings is 1. The van der Waals surface area contributed by atoms with E-state index in [0.717, 1.165) is 76.4 Å². The lowest BCUT2D eigenvalue weighted by atomic mass is 10.0. The average molecular weight is 500 g/mol. The molecule has 0 bridgehead atoms. The molecule has 5 aromatic rings. The van der Waals surface area contributed by atoms with Crippen LogP contribution in [0.1, 0.15) is 18.5 Å². The third kappa shape index (κ3) is 4.15. The Kier molecular flexibility index (Phi) is 5.76. The van der Waals surface area contributed by atoms with Crippen molar-refractivity contribution in [1.29, 1.82) is 0 Å². The molecule has 1 fully saturated rings. The van der Waals surface area contributed by atoms with Crippen LogP contribution in [0.25, 0.3) is 38.9 Å². The van der Waals surface area contributed by atoms with Gasteiger partial charge in [0, 0.05) is 70.0 Å². The van der Waals surface area contributed by atoms with Gasteiger partial charge in [-0.1, -0.05) is 0 Å². The SMILES string of the molecule is Cc1cc(-c2cnc3cc(-c4ccc(N5CCC(S(C)=O)CC5)nc4)ccn23)c2cc(F)ccc2n1. The molecule has 6 nitrogen and oxygen atoms in total. The van der Waals surface area contributed by atoms with Gasteiger partial charge in [0.15, 0.2) is 0 Å². The zero-order chi connectivity index (χ0) is 24.8. The van der Waals surface area contributed by atoms with Crippen molar-refractivity contribution in [3.05, 3.63) is 78.6 Å². The van der Waals surface area contributed by atoms with Crippen LogP contribution >= 0.6 is 0 Å². The summed E-state index contributed by atoms with van der Waals surface area (Å²) in [6.45, 7) is 3.70. The second-order valence-corrected chi connectivity index (χ2v) is 11.0. The fourth-order valence-corrected chi connectivity index (χ4v) is 5.94. The Morgan fingerprint density at radius 2 is 1.81 bits per heavy atom. The number of aryl methyl sites for hydroxylation is 1. The van der Waals surface area contributed by atoms with Crippen LogP contribution in [0.3, 0.4) is 0 Å². The first-order valence-corrected chi connectivity index (χ1v) is 13.7. The van der Waals surface area contributed by atoms with Crippen molar-refractivity contribution in [3.8, 4) is 22.4 Å². The number of pyridine rings is 3. The van der Waals surface area contributed by atoms with Gasteiger partial charge in [-0.05, 0) is 73.9 Å². The van der Waals surface area contributed by atoms with Gasteiger partial charge in [0.05, 0.1) is 17.4 Å². The standard InChI is InChI=1S/C28H26FN5OS/c1-18-13-24(23-15-21(29)4-5-25(23)32-18)26-17-31-28-14-19(7-12-34(26)28)20-3-6-27(30-16-20)33-10-8-22(9-11-33)36(2)35/h3-7,12-17,22H,8-11H2,1-2H3. The zero-order valence-electron chi connectivity index (χ0n) is 20.2. The lowest BCUT2D eigenvalue weighted by Gasteiger charge is -2.31. The Morgan fingerprint density at radius 3 is 2.56 bits per heavy atom.